The zero-order valence-corrected chi connectivity index (χ0v) is 21.6. The highest BCUT2D eigenvalue weighted by atomic mass is 32.2. The van der Waals surface area contributed by atoms with Gasteiger partial charge >= 0.3 is 0 Å². The lowest BCUT2D eigenvalue weighted by atomic mass is 9.86. The second-order valence-electron chi connectivity index (χ2n) is 9.65. The molecule has 0 bridgehead atoms. The molecule has 0 aromatic heterocycles. The first-order valence-electron chi connectivity index (χ1n) is 11.7. The normalized spacial score (nSPS) is 16.1. The molecule has 0 spiro atoms. The zero-order valence-electron chi connectivity index (χ0n) is 20.8. The van der Waals surface area contributed by atoms with Crippen molar-refractivity contribution < 1.29 is 22.7 Å². The van der Waals surface area contributed by atoms with E-state index in [1.54, 1.807) is 25.3 Å². The molecule has 1 atom stereocenters. The summed E-state index contributed by atoms with van der Waals surface area (Å²) in [5.41, 5.74) is 3.05. The summed E-state index contributed by atoms with van der Waals surface area (Å²) >= 11 is 0. The molecule has 0 saturated carbocycles. The molecule has 1 fully saturated rings. The zero-order chi connectivity index (χ0) is 24.9. The third-order valence-electron chi connectivity index (χ3n) is 6.14. The largest absolute Gasteiger partial charge is 0.496 e. The number of rotatable bonds is 8. The van der Waals surface area contributed by atoms with Gasteiger partial charge in [0.2, 0.25) is 15.9 Å². The van der Waals surface area contributed by atoms with Crippen LogP contribution in [-0.2, 0) is 31.4 Å². The van der Waals surface area contributed by atoms with Crippen LogP contribution in [-0.4, -0.2) is 52.0 Å². The number of carbonyl (C=O) groups is 1. The van der Waals surface area contributed by atoms with Crippen molar-refractivity contribution in [1.29, 1.82) is 0 Å². The van der Waals surface area contributed by atoms with Gasteiger partial charge in [-0.25, -0.2) is 8.42 Å². The van der Waals surface area contributed by atoms with Crippen LogP contribution in [0.1, 0.15) is 56.8 Å². The minimum absolute atomic E-state index is 0.0772. The first kappa shape index (κ1) is 26.2. The molecular formula is C26H36N2O5S. The molecule has 1 aliphatic heterocycles. The van der Waals surface area contributed by atoms with Gasteiger partial charge in [-0.1, -0.05) is 45.0 Å². The number of ether oxygens (including phenoxy) is 2. The lowest BCUT2D eigenvalue weighted by Crippen LogP contribution is -2.40. The van der Waals surface area contributed by atoms with Crippen LogP contribution in [0.5, 0.6) is 5.75 Å². The first-order valence-corrected chi connectivity index (χ1v) is 13.1. The van der Waals surface area contributed by atoms with Gasteiger partial charge in [-0.15, -0.1) is 0 Å². The summed E-state index contributed by atoms with van der Waals surface area (Å²) in [7, 11) is -2.08. The second kappa shape index (κ2) is 10.9. The van der Waals surface area contributed by atoms with Crippen molar-refractivity contribution in [3.8, 4) is 5.75 Å². The number of nitrogens with one attached hydrogen (secondary N) is 1. The number of benzene rings is 2. The fraction of sp³-hybridized carbons (Fsp3) is 0.500. The van der Waals surface area contributed by atoms with E-state index >= 15 is 0 Å². The maximum absolute atomic E-state index is 13.0. The summed E-state index contributed by atoms with van der Waals surface area (Å²) in [6.45, 7) is 9.91. The van der Waals surface area contributed by atoms with E-state index in [0.717, 1.165) is 5.56 Å². The molecule has 1 heterocycles. The number of sulfonamides is 1. The van der Waals surface area contributed by atoms with Crippen LogP contribution in [0.15, 0.2) is 47.4 Å². The van der Waals surface area contributed by atoms with E-state index in [-0.39, 0.29) is 28.7 Å². The minimum Gasteiger partial charge on any atom is -0.496 e. The molecule has 1 saturated heterocycles. The molecule has 0 aliphatic carbocycles. The van der Waals surface area contributed by atoms with Gasteiger partial charge in [0.15, 0.2) is 0 Å². The van der Waals surface area contributed by atoms with Gasteiger partial charge in [0, 0.05) is 19.5 Å². The molecule has 0 radical (unpaired) electrons. The Morgan fingerprint density at radius 1 is 1.12 bits per heavy atom. The van der Waals surface area contributed by atoms with Crippen molar-refractivity contribution in [3.63, 3.8) is 0 Å². The molecule has 2 aromatic rings. The van der Waals surface area contributed by atoms with E-state index in [0.29, 0.717) is 44.0 Å². The maximum Gasteiger partial charge on any atom is 0.243 e. The van der Waals surface area contributed by atoms with E-state index in [2.05, 4.69) is 50.4 Å². The van der Waals surface area contributed by atoms with Gasteiger partial charge in [0.1, 0.15) is 5.75 Å². The summed E-state index contributed by atoms with van der Waals surface area (Å²) in [4.78, 5) is 12.9. The van der Waals surface area contributed by atoms with Crippen LogP contribution in [0.2, 0.25) is 0 Å². The molecular weight excluding hydrogens is 452 g/mol. The molecule has 34 heavy (non-hydrogen) atoms. The van der Waals surface area contributed by atoms with Crippen molar-refractivity contribution in [1.82, 2.24) is 9.62 Å². The van der Waals surface area contributed by atoms with Gasteiger partial charge in [-0.3, -0.25) is 4.79 Å². The summed E-state index contributed by atoms with van der Waals surface area (Å²) in [6, 6.07) is 13.0. The number of aryl methyl sites for hydroxylation is 1. The standard InChI is InChI=1S/C26H36N2O5S/c1-19(20-6-9-22(10-7-20)26(2,3)4)27-25(29)13-8-21-18-23(11-12-24(21)32-5)34(30,31)28-14-16-33-17-15-28/h6-7,9-12,18-19H,8,13-17H2,1-5H3,(H,27,29)/t19-/m0/s1. The maximum atomic E-state index is 13.0. The van der Waals surface area contributed by atoms with Crippen molar-refractivity contribution in [2.45, 2.75) is 56.9 Å². The van der Waals surface area contributed by atoms with Gasteiger partial charge in [0.05, 0.1) is 31.3 Å². The highest BCUT2D eigenvalue weighted by Crippen LogP contribution is 2.27. The lowest BCUT2D eigenvalue weighted by Gasteiger charge is -2.26. The summed E-state index contributed by atoms with van der Waals surface area (Å²) < 4.78 is 38.2. The number of carbonyl (C=O) groups excluding carboxylic acids is 1. The third-order valence-corrected chi connectivity index (χ3v) is 8.03. The van der Waals surface area contributed by atoms with E-state index in [1.807, 2.05) is 6.92 Å². The van der Waals surface area contributed by atoms with Crippen molar-refractivity contribution in [3.05, 3.63) is 59.2 Å². The fourth-order valence-corrected chi connectivity index (χ4v) is 5.42. The minimum atomic E-state index is -3.62. The van der Waals surface area contributed by atoms with Crippen LogP contribution < -0.4 is 10.1 Å². The Bertz CT molecular complexity index is 1090. The van der Waals surface area contributed by atoms with E-state index < -0.39 is 10.0 Å². The summed E-state index contributed by atoms with van der Waals surface area (Å²) in [5, 5.41) is 3.04. The number of morpholine rings is 1. The predicted octanol–water partition coefficient (Wildman–Crippen LogP) is 3.82. The van der Waals surface area contributed by atoms with Crippen LogP contribution >= 0.6 is 0 Å². The van der Waals surface area contributed by atoms with Crippen LogP contribution in [0.3, 0.4) is 0 Å². The van der Waals surface area contributed by atoms with Gasteiger partial charge < -0.3 is 14.8 Å². The topological polar surface area (TPSA) is 84.9 Å². The highest BCUT2D eigenvalue weighted by Gasteiger charge is 2.27. The first-order chi connectivity index (χ1) is 16.0. The molecule has 2 aromatic carbocycles. The van der Waals surface area contributed by atoms with Gasteiger partial charge in [0.25, 0.3) is 0 Å². The molecule has 1 amide bonds. The Morgan fingerprint density at radius 2 is 1.76 bits per heavy atom. The number of nitrogens with zero attached hydrogens (tertiary/aromatic N) is 1. The predicted molar refractivity (Wildman–Crippen MR) is 133 cm³/mol. The molecule has 0 unspecified atom stereocenters. The molecule has 1 N–H and O–H groups in total. The lowest BCUT2D eigenvalue weighted by molar-refractivity contribution is -0.121. The van der Waals surface area contributed by atoms with Gasteiger partial charge in [-0.2, -0.15) is 4.31 Å². The SMILES string of the molecule is COc1ccc(S(=O)(=O)N2CCOCC2)cc1CCC(=O)N[C@@H](C)c1ccc(C(C)(C)C)cc1. The van der Waals surface area contributed by atoms with Crippen molar-refractivity contribution in [2.24, 2.45) is 0 Å². The van der Waals surface area contributed by atoms with Gasteiger partial charge in [-0.05, 0) is 53.6 Å². The Kier molecular flexibility index (Phi) is 8.38. The Labute approximate surface area is 203 Å². The molecule has 1 aliphatic rings. The van der Waals surface area contributed by atoms with E-state index in [1.165, 1.54) is 9.87 Å². The monoisotopic (exact) mass is 488 g/mol. The molecule has 3 rings (SSSR count). The molecule has 186 valence electrons. The van der Waals surface area contributed by atoms with Crippen molar-refractivity contribution >= 4 is 15.9 Å². The fourth-order valence-electron chi connectivity index (χ4n) is 3.96. The smallest absolute Gasteiger partial charge is 0.243 e. The quantitative estimate of drug-likeness (QED) is 0.611. The molecule has 8 heteroatoms. The number of methoxy groups -OCH3 is 1. The average Bonchev–Trinajstić information content (AvgIpc) is 2.82. The Morgan fingerprint density at radius 3 is 2.35 bits per heavy atom. The van der Waals surface area contributed by atoms with Crippen molar-refractivity contribution in [2.75, 3.05) is 33.4 Å². The molecule has 7 nitrogen and oxygen atoms in total. The number of hydrogen-bond donors (Lipinski definition) is 1. The summed E-state index contributed by atoms with van der Waals surface area (Å²) in [5.74, 6) is 0.468. The van der Waals surface area contributed by atoms with Crippen LogP contribution in [0, 0.1) is 0 Å². The van der Waals surface area contributed by atoms with Crippen LogP contribution in [0.25, 0.3) is 0 Å². The second-order valence-corrected chi connectivity index (χ2v) is 11.6. The highest BCUT2D eigenvalue weighted by molar-refractivity contribution is 7.89. The Hall–Kier alpha value is -2.42. The number of amides is 1. The average molecular weight is 489 g/mol. The van der Waals surface area contributed by atoms with E-state index in [4.69, 9.17) is 9.47 Å². The summed E-state index contributed by atoms with van der Waals surface area (Å²) in [6.07, 6.45) is 0.596. The number of hydrogen-bond acceptors (Lipinski definition) is 5. The third kappa shape index (κ3) is 6.37. The Balaban J connectivity index is 1.65. The van der Waals surface area contributed by atoms with Crippen LogP contribution in [0.4, 0.5) is 0 Å². The van der Waals surface area contributed by atoms with E-state index in [9.17, 15) is 13.2 Å².